The molecule has 1 aromatic rings. The van der Waals surface area contributed by atoms with Crippen LogP contribution in [-0.2, 0) is 4.74 Å². The first-order valence-electron chi connectivity index (χ1n) is 8.84. The van der Waals surface area contributed by atoms with E-state index in [1.54, 1.807) is 0 Å². The lowest BCUT2D eigenvalue weighted by molar-refractivity contribution is -0.909. The molecule has 0 saturated carbocycles. The second kappa shape index (κ2) is 9.26. The van der Waals surface area contributed by atoms with Gasteiger partial charge in [-0.25, -0.2) is 0 Å². The summed E-state index contributed by atoms with van der Waals surface area (Å²) in [5.41, 5.74) is 2.50. The minimum Gasteiger partial charge on any atom is -0.491 e. The predicted octanol–water partition coefficient (Wildman–Crippen LogP) is 1.37. The van der Waals surface area contributed by atoms with Crippen LogP contribution in [0.25, 0.3) is 0 Å². The van der Waals surface area contributed by atoms with Gasteiger partial charge in [0.15, 0.2) is 0 Å². The third-order valence-electron chi connectivity index (χ3n) is 4.79. The van der Waals surface area contributed by atoms with E-state index in [1.807, 2.05) is 12.1 Å². The third kappa shape index (κ3) is 6.50. The third-order valence-corrected chi connectivity index (χ3v) is 4.79. The fraction of sp³-hybridized carbons (Fsp3) is 0.684. The normalized spacial score (nSPS) is 22.8. The lowest BCUT2D eigenvalue weighted by Crippen LogP contribution is -3.14. The van der Waals surface area contributed by atoms with Crippen molar-refractivity contribution in [3.63, 3.8) is 0 Å². The molecule has 1 saturated heterocycles. The van der Waals surface area contributed by atoms with Gasteiger partial charge in [-0.2, -0.15) is 0 Å². The highest BCUT2D eigenvalue weighted by Gasteiger charge is 2.21. The van der Waals surface area contributed by atoms with E-state index in [0.717, 1.165) is 18.2 Å². The molecule has 0 aromatic heterocycles. The van der Waals surface area contributed by atoms with Crippen LogP contribution in [0.2, 0.25) is 0 Å². The number of aliphatic hydroxyl groups excluding tert-OH is 1. The van der Waals surface area contributed by atoms with Gasteiger partial charge < -0.3 is 19.5 Å². The van der Waals surface area contributed by atoms with Gasteiger partial charge in [-0.05, 0) is 55.9 Å². The minimum absolute atomic E-state index is 0.375. The van der Waals surface area contributed by atoms with Crippen molar-refractivity contribution in [2.75, 3.05) is 39.5 Å². The molecule has 4 nitrogen and oxygen atoms in total. The zero-order valence-corrected chi connectivity index (χ0v) is 14.8. The Morgan fingerprint density at radius 1 is 1.17 bits per heavy atom. The van der Waals surface area contributed by atoms with Crippen LogP contribution in [0.15, 0.2) is 18.2 Å². The Hall–Kier alpha value is -1.10. The molecule has 0 amide bonds. The number of rotatable bonds is 8. The molecule has 23 heavy (non-hydrogen) atoms. The van der Waals surface area contributed by atoms with Gasteiger partial charge in [-0.3, -0.25) is 0 Å². The second-order valence-electron chi connectivity index (χ2n) is 6.96. The standard InChI is InChI=1S/C19H31NO3/c1-15-6-8-20(9-7-15)13-18(21)14-22-10-11-23-19-5-4-16(2)17(3)12-19/h4-5,12,15,18,21H,6-11,13-14H2,1-3H3/p+1/t18-/m0/s1. The van der Waals surface area contributed by atoms with Crippen molar-refractivity contribution in [2.24, 2.45) is 5.92 Å². The molecular weight excluding hydrogens is 290 g/mol. The maximum Gasteiger partial charge on any atom is 0.126 e. The molecule has 1 fully saturated rings. The second-order valence-corrected chi connectivity index (χ2v) is 6.96. The van der Waals surface area contributed by atoms with Crippen molar-refractivity contribution in [1.82, 2.24) is 0 Å². The summed E-state index contributed by atoms with van der Waals surface area (Å²) < 4.78 is 11.2. The first-order chi connectivity index (χ1) is 11.0. The lowest BCUT2D eigenvalue weighted by atomic mass is 9.99. The number of piperidine rings is 1. The molecule has 2 N–H and O–H groups in total. The van der Waals surface area contributed by atoms with Crippen molar-refractivity contribution in [2.45, 2.75) is 39.7 Å². The van der Waals surface area contributed by atoms with Gasteiger partial charge in [0, 0.05) is 0 Å². The van der Waals surface area contributed by atoms with Crippen LogP contribution in [0.3, 0.4) is 0 Å². The SMILES string of the molecule is Cc1ccc(OCCOC[C@@H](O)C[NH+]2CCC(C)CC2)cc1C. The first kappa shape index (κ1) is 18.2. The van der Waals surface area contributed by atoms with Gasteiger partial charge in [-0.15, -0.1) is 0 Å². The van der Waals surface area contributed by atoms with Crippen LogP contribution in [0, 0.1) is 19.8 Å². The topological polar surface area (TPSA) is 43.1 Å². The van der Waals surface area contributed by atoms with Crippen LogP contribution in [0.1, 0.15) is 30.9 Å². The molecule has 4 heteroatoms. The van der Waals surface area contributed by atoms with Gasteiger partial charge in [-0.1, -0.05) is 13.0 Å². The fourth-order valence-electron chi connectivity index (χ4n) is 3.01. The quantitative estimate of drug-likeness (QED) is 0.711. The van der Waals surface area contributed by atoms with E-state index in [4.69, 9.17) is 9.47 Å². The van der Waals surface area contributed by atoms with Crippen molar-refractivity contribution in [3.8, 4) is 5.75 Å². The van der Waals surface area contributed by atoms with Crippen molar-refractivity contribution in [3.05, 3.63) is 29.3 Å². The minimum atomic E-state index is -0.375. The first-order valence-corrected chi connectivity index (χ1v) is 8.84. The number of hydrogen-bond donors (Lipinski definition) is 2. The molecule has 1 aliphatic rings. The van der Waals surface area contributed by atoms with Gasteiger partial charge in [0.2, 0.25) is 0 Å². The highest BCUT2D eigenvalue weighted by Crippen LogP contribution is 2.16. The Balaban J connectivity index is 1.55. The number of hydrogen-bond acceptors (Lipinski definition) is 3. The van der Waals surface area contributed by atoms with E-state index in [1.165, 1.54) is 42.0 Å². The summed E-state index contributed by atoms with van der Waals surface area (Å²) in [5, 5.41) is 10.1. The Kier molecular flexibility index (Phi) is 7.34. The average molecular weight is 322 g/mol. The molecule has 1 heterocycles. The molecule has 130 valence electrons. The fourth-order valence-corrected chi connectivity index (χ4v) is 3.01. The summed E-state index contributed by atoms with van der Waals surface area (Å²) in [6.45, 7) is 11.1. The zero-order valence-electron chi connectivity index (χ0n) is 14.8. The van der Waals surface area contributed by atoms with E-state index in [-0.39, 0.29) is 6.10 Å². The summed E-state index contributed by atoms with van der Waals surface area (Å²) >= 11 is 0. The molecule has 0 unspecified atom stereocenters. The zero-order chi connectivity index (χ0) is 16.7. The Morgan fingerprint density at radius 3 is 2.61 bits per heavy atom. The van der Waals surface area contributed by atoms with Gasteiger partial charge >= 0.3 is 0 Å². The Labute approximate surface area is 140 Å². The number of aryl methyl sites for hydroxylation is 2. The molecule has 0 radical (unpaired) electrons. The van der Waals surface area contributed by atoms with Crippen molar-refractivity contribution >= 4 is 0 Å². The highest BCUT2D eigenvalue weighted by molar-refractivity contribution is 5.33. The van der Waals surface area contributed by atoms with Crippen LogP contribution in [0.5, 0.6) is 5.75 Å². The Morgan fingerprint density at radius 2 is 1.91 bits per heavy atom. The largest absolute Gasteiger partial charge is 0.491 e. The summed E-state index contributed by atoms with van der Waals surface area (Å²) in [6.07, 6.45) is 2.17. The molecule has 1 atom stereocenters. The van der Waals surface area contributed by atoms with Crippen LogP contribution in [-0.4, -0.2) is 50.7 Å². The van der Waals surface area contributed by atoms with E-state index in [9.17, 15) is 5.11 Å². The maximum atomic E-state index is 10.1. The monoisotopic (exact) mass is 322 g/mol. The molecule has 0 bridgehead atoms. The predicted molar refractivity (Wildman–Crippen MR) is 92.2 cm³/mol. The average Bonchev–Trinajstić information content (AvgIpc) is 2.53. The van der Waals surface area contributed by atoms with E-state index >= 15 is 0 Å². The van der Waals surface area contributed by atoms with Gasteiger partial charge in [0.05, 0.1) is 26.3 Å². The summed E-state index contributed by atoms with van der Waals surface area (Å²) in [4.78, 5) is 1.51. The maximum absolute atomic E-state index is 10.1. The highest BCUT2D eigenvalue weighted by atomic mass is 16.5. The summed E-state index contributed by atoms with van der Waals surface area (Å²) in [6, 6.07) is 6.10. The number of aliphatic hydroxyl groups is 1. The number of quaternary nitrogens is 1. The van der Waals surface area contributed by atoms with Crippen LogP contribution >= 0.6 is 0 Å². The van der Waals surface area contributed by atoms with E-state index in [0.29, 0.717) is 19.8 Å². The molecule has 0 aliphatic carbocycles. The molecule has 1 aliphatic heterocycles. The van der Waals surface area contributed by atoms with Gasteiger partial charge in [0.25, 0.3) is 0 Å². The lowest BCUT2D eigenvalue weighted by Gasteiger charge is -2.28. The Bertz CT molecular complexity index is 470. The van der Waals surface area contributed by atoms with Crippen molar-refractivity contribution < 1.29 is 19.5 Å². The summed E-state index contributed by atoms with van der Waals surface area (Å²) in [7, 11) is 0. The summed E-state index contributed by atoms with van der Waals surface area (Å²) in [5.74, 6) is 1.72. The number of benzene rings is 1. The van der Waals surface area contributed by atoms with E-state index in [2.05, 4.69) is 26.8 Å². The molecule has 1 aromatic carbocycles. The smallest absolute Gasteiger partial charge is 0.126 e. The van der Waals surface area contributed by atoms with E-state index < -0.39 is 0 Å². The molecule has 0 spiro atoms. The number of ether oxygens (including phenoxy) is 2. The van der Waals surface area contributed by atoms with Gasteiger partial charge in [0.1, 0.15) is 25.0 Å². The number of nitrogens with one attached hydrogen (secondary N) is 1. The van der Waals surface area contributed by atoms with Crippen LogP contribution < -0.4 is 9.64 Å². The molecular formula is C19H32NO3+. The van der Waals surface area contributed by atoms with Crippen molar-refractivity contribution in [1.29, 1.82) is 0 Å². The molecule has 2 rings (SSSR count). The number of likely N-dealkylation sites (tertiary alicyclic amines) is 1. The van der Waals surface area contributed by atoms with Crippen LogP contribution in [0.4, 0.5) is 0 Å².